The molecule has 0 aliphatic carbocycles. The molecule has 0 fully saturated rings. The Morgan fingerprint density at radius 1 is 1.33 bits per heavy atom. The molecule has 3 aromatic rings. The molecule has 0 saturated carbocycles. The van der Waals surface area contributed by atoms with Gasteiger partial charge in [-0.15, -0.1) is 12.4 Å². The van der Waals surface area contributed by atoms with Crippen LogP contribution in [0.2, 0.25) is 0 Å². The molecule has 0 atom stereocenters. The summed E-state index contributed by atoms with van der Waals surface area (Å²) in [6.07, 6.45) is 2.62. The van der Waals surface area contributed by atoms with Gasteiger partial charge in [0.1, 0.15) is 5.83 Å². The summed E-state index contributed by atoms with van der Waals surface area (Å²) in [5, 5.41) is 9.49. The Balaban J connectivity index is 0.00000320. The van der Waals surface area contributed by atoms with Crippen LogP contribution in [0.5, 0.6) is 0 Å². The quantitative estimate of drug-likeness (QED) is 0.503. The number of hydrogen-bond acceptors (Lipinski definition) is 5. The third kappa shape index (κ3) is 4.68. The number of nitrogens with zero attached hydrogens (tertiary/aromatic N) is 2. The fraction of sp³-hybridized carbons (Fsp3) is 0.158. The number of carbonyl (C=O) groups is 1. The SMILES string of the molecule is CNS(=O)(=O)c1cccc(-c2cc(C(=O)O)cc3c2ncn3CC(F)=CCN)c1.Cl. The Labute approximate surface area is 178 Å². The molecule has 0 bridgehead atoms. The van der Waals surface area contributed by atoms with Gasteiger partial charge < -0.3 is 15.4 Å². The van der Waals surface area contributed by atoms with Crippen molar-refractivity contribution in [2.75, 3.05) is 13.6 Å². The number of benzene rings is 2. The zero-order chi connectivity index (χ0) is 21.2. The fourth-order valence-corrected chi connectivity index (χ4v) is 3.71. The van der Waals surface area contributed by atoms with Gasteiger partial charge in [-0.05, 0) is 43.0 Å². The van der Waals surface area contributed by atoms with Crippen LogP contribution in [0.15, 0.2) is 59.5 Å². The summed E-state index contributed by atoms with van der Waals surface area (Å²) in [6.45, 7) is -0.110. The molecule has 0 saturated heterocycles. The van der Waals surface area contributed by atoms with E-state index in [1.54, 1.807) is 12.1 Å². The number of halogens is 2. The molecule has 0 aliphatic rings. The van der Waals surface area contributed by atoms with Gasteiger partial charge in [-0.3, -0.25) is 0 Å². The number of carboxylic acids is 1. The zero-order valence-corrected chi connectivity index (χ0v) is 17.5. The average Bonchev–Trinajstić information content (AvgIpc) is 3.10. The minimum atomic E-state index is -3.69. The van der Waals surface area contributed by atoms with Crippen LogP contribution in [0.3, 0.4) is 0 Å². The number of rotatable bonds is 7. The van der Waals surface area contributed by atoms with E-state index in [0.29, 0.717) is 22.2 Å². The summed E-state index contributed by atoms with van der Waals surface area (Å²) in [7, 11) is -2.38. The van der Waals surface area contributed by atoms with Crippen LogP contribution < -0.4 is 10.5 Å². The van der Waals surface area contributed by atoms with Gasteiger partial charge in [0, 0.05) is 12.1 Å². The molecule has 1 heterocycles. The van der Waals surface area contributed by atoms with Crippen LogP contribution in [0, 0.1) is 0 Å². The van der Waals surface area contributed by atoms with E-state index < -0.39 is 21.8 Å². The number of aromatic carboxylic acids is 1. The maximum absolute atomic E-state index is 13.9. The van der Waals surface area contributed by atoms with Gasteiger partial charge in [0.15, 0.2) is 0 Å². The number of carboxylic acid groups (broad SMARTS) is 1. The summed E-state index contributed by atoms with van der Waals surface area (Å²) >= 11 is 0. The standard InChI is InChI=1S/C19H19FN4O4S.ClH/c1-22-29(27,28)15-4-2-3-12(7-15)16-8-13(19(25)26)9-17-18(16)23-11-24(17)10-14(20)5-6-21;/h2-5,7-9,11,22H,6,10,21H2,1H3,(H,25,26);1H. The van der Waals surface area contributed by atoms with Crippen LogP contribution in [-0.4, -0.2) is 42.6 Å². The molecular formula is C19H20ClFN4O4S. The minimum Gasteiger partial charge on any atom is -0.478 e. The predicted octanol–water partition coefficient (Wildman–Crippen LogP) is 2.54. The van der Waals surface area contributed by atoms with Crippen molar-refractivity contribution >= 4 is 39.4 Å². The number of nitrogens with one attached hydrogen (secondary N) is 1. The maximum atomic E-state index is 13.9. The molecule has 2 aromatic carbocycles. The predicted molar refractivity (Wildman–Crippen MR) is 114 cm³/mol. The average molecular weight is 455 g/mol. The Bertz CT molecular complexity index is 1220. The van der Waals surface area contributed by atoms with E-state index in [1.165, 1.54) is 48.3 Å². The third-order valence-corrected chi connectivity index (χ3v) is 5.77. The first-order valence-electron chi connectivity index (χ1n) is 8.57. The van der Waals surface area contributed by atoms with Gasteiger partial charge in [0.25, 0.3) is 0 Å². The number of sulfonamides is 1. The molecule has 160 valence electrons. The topological polar surface area (TPSA) is 127 Å². The molecule has 30 heavy (non-hydrogen) atoms. The van der Waals surface area contributed by atoms with E-state index in [1.807, 2.05) is 0 Å². The van der Waals surface area contributed by atoms with Gasteiger partial charge in [-0.1, -0.05) is 12.1 Å². The molecule has 0 radical (unpaired) electrons. The highest BCUT2D eigenvalue weighted by Gasteiger charge is 2.18. The minimum absolute atomic E-state index is 0. The Kier molecular flexibility index (Phi) is 7.32. The van der Waals surface area contributed by atoms with Crippen molar-refractivity contribution in [3.63, 3.8) is 0 Å². The van der Waals surface area contributed by atoms with Crippen LogP contribution in [0.25, 0.3) is 22.2 Å². The van der Waals surface area contributed by atoms with Crippen molar-refractivity contribution in [1.29, 1.82) is 0 Å². The summed E-state index contributed by atoms with van der Waals surface area (Å²) in [6, 6.07) is 8.89. The second kappa shape index (κ2) is 9.35. The Hall–Kier alpha value is -2.79. The van der Waals surface area contributed by atoms with Gasteiger partial charge in [0.2, 0.25) is 10.0 Å². The summed E-state index contributed by atoms with van der Waals surface area (Å²) in [5.74, 6) is -1.64. The molecular weight excluding hydrogens is 435 g/mol. The second-order valence-corrected chi connectivity index (χ2v) is 8.08. The first-order chi connectivity index (χ1) is 13.8. The molecule has 0 amide bonds. The molecule has 3 rings (SSSR count). The highest BCUT2D eigenvalue weighted by atomic mass is 35.5. The first-order valence-corrected chi connectivity index (χ1v) is 10.1. The van der Waals surface area contributed by atoms with E-state index in [9.17, 15) is 22.7 Å². The molecule has 0 spiro atoms. The highest BCUT2D eigenvalue weighted by Crippen LogP contribution is 2.31. The van der Waals surface area contributed by atoms with Crippen LogP contribution in [0.1, 0.15) is 10.4 Å². The van der Waals surface area contributed by atoms with Crippen LogP contribution >= 0.6 is 12.4 Å². The molecule has 4 N–H and O–H groups in total. The maximum Gasteiger partial charge on any atom is 0.335 e. The first kappa shape index (κ1) is 23.5. The number of allylic oxidation sites excluding steroid dienone is 1. The van der Waals surface area contributed by atoms with Crippen LogP contribution in [0.4, 0.5) is 4.39 Å². The van der Waals surface area contributed by atoms with E-state index in [-0.39, 0.29) is 36.0 Å². The van der Waals surface area contributed by atoms with Crippen molar-refractivity contribution in [3.8, 4) is 11.1 Å². The Morgan fingerprint density at radius 3 is 2.70 bits per heavy atom. The lowest BCUT2D eigenvalue weighted by atomic mass is 10.0. The fourth-order valence-electron chi connectivity index (χ4n) is 2.94. The van der Waals surface area contributed by atoms with Crippen molar-refractivity contribution < 1.29 is 22.7 Å². The van der Waals surface area contributed by atoms with Crippen molar-refractivity contribution in [1.82, 2.24) is 14.3 Å². The van der Waals surface area contributed by atoms with E-state index in [0.717, 1.165) is 0 Å². The summed E-state index contributed by atoms with van der Waals surface area (Å²) in [5.41, 5.74) is 7.02. The summed E-state index contributed by atoms with van der Waals surface area (Å²) < 4.78 is 41.9. The smallest absolute Gasteiger partial charge is 0.335 e. The zero-order valence-electron chi connectivity index (χ0n) is 15.9. The second-order valence-electron chi connectivity index (χ2n) is 6.19. The largest absolute Gasteiger partial charge is 0.478 e. The normalized spacial score (nSPS) is 12.0. The lowest BCUT2D eigenvalue weighted by molar-refractivity contribution is 0.0697. The van der Waals surface area contributed by atoms with Gasteiger partial charge in [-0.25, -0.2) is 27.3 Å². The molecule has 0 unspecified atom stereocenters. The van der Waals surface area contributed by atoms with Crippen LogP contribution in [-0.2, 0) is 16.6 Å². The molecule has 1 aromatic heterocycles. The third-order valence-electron chi connectivity index (χ3n) is 4.36. The number of hydrogen-bond donors (Lipinski definition) is 3. The van der Waals surface area contributed by atoms with E-state index in [2.05, 4.69) is 9.71 Å². The van der Waals surface area contributed by atoms with E-state index in [4.69, 9.17) is 5.73 Å². The van der Waals surface area contributed by atoms with E-state index >= 15 is 0 Å². The lowest BCUT2D eigenvalue weighted by Gasteiger charge is -2.09. The summed E-state index contributed by atoms with van der Waals surface area (Å²) in [4.78, 5) is 16.0. The number of imidazole rings is 1. The van der Waals surface area contributed by atoms with Crippen molar-refractivity contribution in [2.24, 2.45) is 5.73 Å². The number of fused-ring (bicyclic) bond motifs is 1. The molecule has 11 heteroatoms. The van der Waals surface area contributed by atoms with Gasteiger partial charge in [0.05, 0.1) is 34.4 Å². The Morgan fingerprint density at radius 2 is 2.07 bits per heavy atom. The lowest BCUT2D eigenvalue weighted by Crippen LogP contribution is -2.18. The number of nitrogens with two attached hydrogens (primary N) is 1. The highest BCUT2D eigenvalue weighted by molar-refractivity contribution is 7.89. The number of aromatic nitrogens is 2. The van der Waals surface area contributed by atoms with Gasteiger partial charge in [-0.2, -0.15) is 0 Å². The molecule has 0 aliphatic heterocycles. The molecule has 8 nitrogen and oxygen atoms in total. The van der Waals surface area contributed by atoms with Crippen molar-refractivity contribution in [3.05, 3.63) is 60.2 Å². The monoisotopic (exact) mass is 454 g/mol. The van der Waals surface area contributed by atoms with Gasteiger partial charge >= 0.3 is 5.97 Å². The van der Waals surface area contributed by atoms with Crippen molar-refractivity contribution in [2.45, 2.75) is 11.4 Å².